The number of nitriles is 1. The molecule has 120 valence electrons. The second-order valence-corrected chi connectivity index (χ2v) is 6.95. The third kappa shape index (κ3) is 3.79. The first-order chi connectivity index (χ1) is 11.8. The van der Waals surface area contributed by atoms with Crippen molar-refractivity contribution in [1.82, 2.24) is 4.98 Å². The Morgan fingerprint density at radius 2 is 1.83 bits per heavy atom. The Labute approximate surface area is 143 Å². The van der Waals surface area contributed by atoms with Gasteiger partial charge in [0.2, 0.25) is 0 Å². The molecule has 1 N–H and O–H groups in total. The van der Waals surface area contributed by atoms with Gasteiger partial charge in [-0.2, -0.15) is 5.26 Å². The Morgan fingerprint density at radius 3 is 2.62 bits per heavy atom. The van der Waals surface area contributed by atoms with E-state index in [0.29, 0.717) is 23.6 Å². The molecule has 0 fully saturated rings. The van der Waals surface area contributed by atoms with E-state index in [1.54, 1.807) is 6.20 Å². The molecule has 0 spiro atoms. The first kappa shape index (κ1) is 16.2. The molecule has 4 nitrogen and oxygen atoms in total. The molecule has 0 aliphatic heterocycles. The van der Waals surface area contributed by atoms with Gasteiger partial charge in [0.05, 0.1) is 16.8 Å². The van der Waals surface area contributed by atoms with E-state index < -0.39 is 10.8 Å². The Bertz CT molecular complexity index is 903. The SMILES string of the molecule is N#Cc1cnc2ccccc2c1NCCS(=O)Cc1ccccc1. The van der Waals surface area contributed by atoms with Gasteiger partial charge in [-0.3, -0.25) is 9.19 Å². The van der Waals surface area contributed by atoms with Crippen LogP contribution in [0.15, 0.2) is 60.8 Å². The minimum absolute atomic E-state index is 0.502. The quantitative estimate of drug-likeness (QED) is 0.749. The number of nitrogens with one attached hydrogen (secondary N) is 1. The van der Waals surface area contributed by atoms with Gasteiger partial charge < -0.3 is 5.32 Å². The van der Waals surface area contributed by atoms with Crippen LogP contribution in [-0.2, 0) is 16.6 Å². The molecular formula is C19H17N3OS. The van der Waals surface area contributed by atoms with Crippen molar-refractivity contribution >= 4 is 27.4 Å². The van der Waals surface area contributed by atoms with Crippen molar-refractivity contribution in [2.75, 3.05) is 17.6 Å². The van der Waals surface area contributed by atoms with Gasteiger partial charge in [0.1, 0.15) is 6.07 Å². The number of hydrogen-bond donors (Lipinski definition) is 1. The largest absolute Gasteiger partial charge is 0.382 e. The van der Waals surface area contributed by atoms with E-state index in [9.17, 15) is 9.47 Å². The number of rotatable bonds is 6. The highest BCUT2D eigenvalue weighted by Crippen LogP contribution is 2.25. The number of pyridine rings is 1. The molecule has 3 rings (SSSR count). The monoisotopic (exact) mass is 335 g/mol. The number of para-hydroxylation sites is 1. The molecule has 2 aromatic carbocycles. The molecule has 0 amide bonds. The second-order valence-electron chi connectivity index (χ2n) is 5.38. The summed E-state index contributed by atoms with van der Waals surface area (Å²) in [7, 11) is -0.948. The van der Waals surface area contributed by atoms with Crippen molar-refractivity contribution < 1.29 is 4.21 Å². The molecule has 1 heterocycles. The summed E-state index contributed by atoms with van der Waals surface area (Å²) >= 11 is 0. The smallest absolute Gasteiger partial charge is 0.103 e. The van der Waals surface area contributed by atoms with Crippen LogP contribution in [0.4, 0.5) is 5.69 Å². The van der Waals surface area contributed by atoms with Crippen molar-refractivity contribution in [3.63, 3.8) is 0 Å². The minimum atomic E-state index is -0.948. The summed E-state index contributed by atoms with van der Waals surface area (Å²) < 4.78 is 12.2. The van der Waals surface area contributed by atoms with Crippen LogP contribution in [0, 0.1) is 11.3 Å². The van der Waals surface area contributed by atoms with E-state index in [4.69, 9.17) is 0 Å². The van der Waals surface area contributed by atoms with Gasteiger partial charge >= 0.3 is 0 Å². The molecule has 1 aromatic heterocycles. The topological polar surface area (TPSA) is 65.8 Å². The molecule has 0 saturated carbocycles. The standard InChI is InChI=1S/C19H17N3OS/c20-12-16-13-22-18-9-5-4-8-17(18)19(16)21-10-11-24(23)14-15-6-2-1-3-7-15/h1-9,13H,10-11,14H2,(H,21,22). The summed E-state index contributed by atoms with van der Waals surface area (Å²) in [6.07, 6.45) is 1.57. The second kappa shape index (κ2) is 7.71. The Morgan fingerprint density at radius 1 is 1.08 bits per heavy atom. The molecule has 3 aromatic rings. The van der Waals surface area contributed by atoms with Crippen LogP contribution in [-0.4, -0.2) is 21.5 Å². The van der Waals surface area contributed by atoms with Gasteiger partial charge in [-0.15, -0.1) is 0 Å². The van der Waals surface area contributed by atoms with Gasteiger partial charge in [-0.25, -0.2) is 0 Å². The maximum atomic E-state index is 12.2. The maximum Gasteiger partial charge on any atom is 0.103 e. The van der Waals surface area contributed by atoms with E-state index >= 15 is 0 Å². The van der Waals surface area contributed by atoms with Crippen LogP contribution in [0.5, 0.6) is 0 Å². The summed E-state index contributed by atoms with van der Waals surface area (Å²) in [5.74, 6) is 1.07. The number of benzene rings is 2. The van der Waals surface area contributed by atoms with Crippen LogP contribution >= 0.6 is 0 Å². The lowest BCUT2D eigenvalue weighted by Gasteiger charge is -2.11. The van der Waals surface area contributed by atoms with Gasteiger partial charge in [0, 0.05) is 40.4 Å². The zero-order valence-electron chi connectivity index (χ0n) is 13.1. The number of fused-ring (bicyclic) bond motifs is 1. The van der Waals surface area contributed by atoms with Crippen LogP contribution in [0.3, 0.4) is 0 Å². The van der Waals surface area contributed by atoms with Gasteiger partial charge in [-0.1, -0.05) is 48.5 Å². The molecule has 0 aliphatic carbocycles. The normalized spacial score (nSPS) is 11.8. The third-order valence-corrected chi connectivity index (χ3v) is 5.01. The van der Waals surface area contributed by atoms with Gasteiger partial charge in [0.15, 0.2) is 0 Å². The van der Waals surface area contributed by atoms with E-state index in [2.05, 4.69) is 16.4 Å². The fourth-order valence-electron chi connectivity index (χ4n) is 2.54. The van der Waals surface area contributed by atoms with Crippen LogP contribution in [0.25, 0.3) is 10.9 Å². The molecule has 5 heteroatoms. The predicted octanol–water partition coefficient (Wildman–Crippen LogP) is 3.47. The highest BCUT2D eigenvalue weighted by Gasteiger charge is 2.09. The van der Waals surface area contributed by atoms with Crippen molar-refractivity contribution in [2.24, 2.45) is 0 Å². The lowest BCUT2D eigenvalue weighted by atomic mass is 10.1. The molecule has 1 unspecified atom stereocenters. The first-order valence-electron chi connectivity index (χ1n) is 7.68. The highest BCUT2D eigenvalue weighted by molar-refractivity contribution is 7.84. The van der Waals surface area contributed by atoms with E-state index in [1.807, 2.05) is 54.6 Å². The summed E-state index contributed by atoms with van der Waals surface area (Å²) in [5, 5.41) is 13.5. The zero-order valence-corrected chi connectivity index (χ0v) is 13.9. The van der Waals surface area contributed by atoms with Crippen molar-refractivity contribution in [3.8, 4) is 6.07 Å². The van der Waals surface area contributed by atoms with Crippen LogP contribution in [0.2, 0.25) is 0 Å². The molecule has 0 saturated heterocycles. The number of nitrogens with zero attached hydrogens (tertiary/aromatic N) is 2. The van der Waals surface area contributed by atoms with Crippen molar-refractivity contribution in [3.05, 3.63) is 71.9 Å². The highest BCUT2D eigenvalue weighted by atomic mass is 32.2. The average Bonchev–Trinajstić information content (AvgIpc) is 2.62. The number of anilines is 1. The molecule has 0 radical (unpaired) electrons. The summed E-state index contributed by atoms with van der Waals surface area (Å²) in [6.45, 7) is 0.544. The molecule has 1 atom stereocenters. The van der Waals surface area contributed by atoms with E-state index in [1.165, 1.54) is 0 Å². The first-order valence-corrected chi connectivity index (χ1v) is 9.17. The Balaban J connectivity index is 1.67. The molecule has 0 bridgehead atoms. The van der Waals surface area contributed by atoms with Gasteiger partial charge in [0.25, 0.3) is 0 Å². The van der Waals surface area contributed by atoms with Gasteiger partial charge in [-0.05, 0) is 11.6 Å². The summed E-state index contributed by atoms with van der Waals surface area (Å²) in [6, 6.07) is 19.7. The molecule has 24 heavy (non-hydrogen) atoms. The third-order valence-electron chi connectivity index (χ3n) is 3.70. The van der Waals surface area contributed by atoms with Crippen molar-refractivity contribution in [1.29, 1.82) is 5.26 Å². The average molecular weight is 335 g/mol. The van der Waals surface area contributed by atoms with Crippen LogP contribution < -0.4 is 5.32 Å². The number of aromatic nitrogens is 1. The van der Waals surface area contributed by atoms with Crippen LogP contribution in [0.1, 0.15) is 11.1 Å². The van der Waals surface area contributed by atoms with Crippen molar-refractivity contribution in [2.45, 2.75) is 5.75 Å². The molecule has 0 aliphatic rings. The summed E-state index contributed by atoms with van der Waals surface area (Å²) in [5.41, 5.74) is 3.18. The fourth-order valence-corrected chi connectivity index (χ4v) is 3.58. The van der Waals surface area contributed by atoms with E-state index in [-0.39, 0.29) is 0 Å². The number of hydrogen-bond acceptors (Lipinski definition) is 4. The summed E-state index contributed by atoms with van der Waals surface area (Å²) in [4.78, 5) is 4.29. The maximum absolute atomic E-state index is 12.2. The Hall–Kier alpha value is -2.71. The lowest BCUT2D eigenvalue weighted by molar-refractivity contribution is 0.682. The predicted molar refractivity (Wildman–Crippen MR) is 98.1 cm³/mol. The zero-order chi connectivity index (χ0) is 16.8. The molecular weight excluding hydrogens is 318 g/mol. The lowest BCUT2D eigenvalue weighted by Crippen LogP contribution is -2.13. The fraction of sp³-hybridized carbons (Fsp3) is 0.158. The van der Waals surface area contributed by atoms with E-state index in [0.717, 1.165) is 22.2 Å². The Kier molecular flexibility index (Phi) is 5.19. The minimum Gasteiger partial charge on any atom is -0.382 e.